The Balaban J connectivity index is 1.24. The van der Waals surface area contributed by atoms with Crippen LogP contribution in [0.5, 0.6) is 0 Å². The first-order chi connectivity index (χ1) is 9.15. The van der Waals surface area contributed by atoms with Crippen molar-refractivity contribution in [2.75, 3.05) is 25.4 Å². The lowest BCUT2D eigenvalue weighted by molar-refractivity contribution is -0.138. The fourth-order valence-electron chi connectivity index (χ4n) is 3.39. The van der Waals surface area contributed by atoms with E-state index in [4.69, 9.17) is 4.74 Å². The fraction of sp³-hybridized carbons (Fsp3) is 0.933. The molecule has 0 N–H and O–H groups in total. The molecular formula is C15H23NO2S. The summed E-state index contributed by atoms with van der Waals surface area (Å²) in [6, 6.07) is 0. The van der Waals surface area contributed by atoms with Gasteiger partial charge < -0.3 is 9.64 Å². The summed E-state index contributed by atoms with van der Waals surface area (Å²) in [5.74, 6) is 3.40. The van der Waals surface area contributed by atoms with E-state index in [1.165, 1.54) is 12.8 Å². The fourth-order valence-corrected chi connectivity index (χ4v) is 4.94. The number of carbonyl (C=O) groups excluding carboxylic acids is 1. The van der Waals surface area contributed by atoms with Crippen LogP contribution in [0.1, 0.15) is 32.6 Å². The van der Waals surface area contributed by atoms with Crippen LogP contribution >= 0.6 is 11.8 Å². The molecule has 0 unspecified atom stereocenters. The minimum atomic E-state index is 0.349. The second-order valence-electron chi connectivity index (χ2n) is 7.11. The molecule has 2 aliphatic heterocycles. The highest BCUT2D eigenvalue weighted by Crippen LogP contribution is 2.49. The second-order valence-corrected chi connectivity index (χ2v) is 8.60. The molecule has 4 heteroatoms. The minimum Gasteiger partial charge on any atom is -0.377 e. The summed E-state index contributed by atoms with van der Waals surface area (Å²) in [6.45, 7) is 5.11. The molecule has 0 bridgehead atoms. The van der Waals surface area contributed by atoms with Gasteiger partial charge in [0.1, 0.15) is 0 Å². The third-order valence-electron chi connectivity index (χ3n) is 5.14. The zero-order valence-electron chi connectivity index (χ0n) is 11.6. The van der Waals surface area contributed by atoms with Crippen molar-refractivity contribution in [2.45, 2.75) is 43.5 Å². The average molecular weight is 281 g/mol. The van der Waals surface area contributed by atoms with Gasteiger partial charge in [-0.1, -0.05) is 6.92 Å². The van der Waals surface area contributed by atoms with E-state index in [1.54, 1.807) is 0 Å². The number of thioether (sulfide) groups is 1. The summed E-state index contributed by atoms with van der Waals surface area (Å²) in [7, 11) is 0. The van der Waals surface area contributed by atoms with Crippen LogP contribution in [0.2, 0.25) is 0 Å². The summed E-state index contributed by atoms with van der Waals surface area (Å²) < 4.78 is 6.36. The molecule has 3 atom stereocenters. The van der Waals surface area contributed by atoms with E-state index in [1.807, 2.05) is 11.8 Å². The molecular weight excluding hydrogens is 258 g/mol. The van der Waals surface area contributed by atoms with Gasteiger partial charge in [0, 0.05) is 31.4 Å². The summed E-state index contributed by atoms with van der Waals surface area (Å²) in [4.78, 5) is 14.2. The van der Waals surface area contributed by atoms with Crippen molar-refractivity contribution in [1.29, 1.82) is 0 Å². The molecule has 0 aromatic rings. The van der Waals surface area contributed by atoms with Gasteiger partial charge in [-0.25, -0.2) is 0 Å². The zero-order valence-corrected chi connectivity index (χ0v) is 12.5. The molecule has 19 heavy (non-hydrogen) atoms. The van der Waals surface area contributed by atoms with Crippen LogP contribution in [-0.4, -0.2) is 47.1 Å². The highest BCUT2D eigenvalue weighted by atomic mass is 32.2. The Morgan fingerprint density at radius 3 is 2.79 bits per heavy atom. The van der Waals surface area contributed by atoms with E-state index < -0.39 is 0 Å². The summed E-state index contributed by atoms with van der Waals surface area (Å²) in [5, 5.41) is 0. The van der Waals surface area contributed by atoms with Crippen LogP contribution in [0.25, 0.3) is 0 Å². The molecule has 2 saturated heterocycles. The largest absolute Gasteiger partial charge is 0.377 e. The van der Waals surface area contributed by atoms with Gasteiger partial charge >= 0.3 is 0 Å². The second kappa shape index (κ2) is 4.39. The summed E-state index contributed by atoms with van der Waals surface area (Å²) >= 11 is 2.05. The number of amides is 1. The van der Waals surface area contributed by atoms with Crippen molar-refractivity contribution in [3.05, 3.63) is 0 Å². The SMILES string of the molecule is C[C@@H]1C[C@@H]1C(=O)N1CC2(C[C@H](OCC3CC3)CS2)C1. The normalized spacial score (nSPS) is 39.4. The maximum absolute atomic E-state index is 12.1. The number of rotatable bonds is 4. The van der Waals surface area contributed by atoms with Gasteiger partial charge in [-0.2, -0.15) is 0 Å². The highest BCUT2D eigenvalue weighted by Gasteiger charge is 2.53. The van der Waals surface area contributed by atoms with Crippen molar-refractivity contribution in [1.82, 2.24) is 4.90 Å². The maximum Gasteiger partial charge on any atom is 0.226 e. The molecule has 2 heterocycles. The summed E-state index contributed by atoms with van der Waals surface area (Å²) in [5.41, 5.74) is 0. The smallest absolute Gasteiger partial charge is 0.226 e. The van der Waals surface area contributed by atoms with Gasteiger partial charge in [0.25, 0.3) is 0 Å². The number of hydrogen-bond acceptors (Lipinski definition) is 3. The van der Waals surface area contributed by atoms with Crippen LogP contribution in [0.15, 0.2) is 0 Å². The molecule has 106 valence electrons. The molecule has 4 fully saturated rings. The van der Waals surface area contributed by atoms with Gasteiger partial charge in [0.15, 0.2) is 0 Å². The predicted molar refractivity (Wildman–Crippen MR) is 76.1 cm³/mol. The topological polar surface area (TPSA) is 29.5 Å². The van der Waals surface area contributed by atoms with Crippen molar-refractivity contribution < 1.29 is 9.53 Å². The zero-order chi connectivity index (χ0) is 13.0. The average Bonchev–Trinajstić information content (AvgIpc) is 3.25. The number of likely N-dealkylation sites (tertiary alicyclic amines) is 1. The van der Waals surface area contributed by atoms with E-state index >= 15 is 0 Å². The van der Waals surface area contributed by atoms with E-state index in [0.29, 0.717) is 28.6 Å². The molecule has 2 aliphatic carbocycles. The van der Waals surface area contributed by atoms with Gasteiger partial charge in [-0.3, -0.25) is 4.79 Å². The Kier molecular flexibility index (Phi) is 2.89. The predicted octanol–water partition coefficient (Wildman–Crippen LogP) is 2.16. The quantitative estimate of drug-likeness (QED) is 0.791. The Morgan fingerprint density at radius 1 is 1.42 bits per heavy atom. The van der Waals surface area contributed by atoms with Crippen molar-refractivity contribution in [3.8, 4) is 0 Å². The lowest BCUT2D eigenvalue weighted by Crippen LogP contribution is -2.61. The van der Waals surface area contributed by atoms with Crippen molar-refractivity contribution in [3.63, 3.8) is 0 Å². The van der Waals surface area contributed by atoms with Gasteiger partial charge in [0.2, 0.25) is 5.91 Å². The van der Waals surface area contributed by atoms with Crippen LogP contribution in [0, 0.1) is 17.8 Å². The summed E-state index contributed by atoms with van der Waals surface area (Å²) in [6.07, 6.45) is 5.46. The Labute approximate surface area is 119 Å². The van der Waals surface area contributed by atoms with Crippen LogP contribution < -0.4 is 0 Å². The monoisotopic (exact) mass is 281 g/mol. The number of carbonyl (C=O) groups is 1. The molecule has 3 nitrogen and oxygen atoms in total. The van der Waals surface area contributed by atoms with Gasteiger partial charge in [0.05, 0.1) is 10.9 Å². The number of nitrogens with zero attached hydrogens (tertiary/aromatic N) is 1. The van der Waals surface area contributed by atoms with Crippen molar-refractivity contribution >= 4 is 17.7 Å². The first-order valence-electron chi connectivity index (χ1n) is 7.70. The van der Waals surface area contributed by atoms with E-state index in [2.05, 4.69) is 11.8 Å². The first-order valence-corrected chi connectivity index (χ1v) is 8.68. The molecule has 0 radical (unpaired) electrons. The minimum absolute atomic E-state index is 0.349. The highest BCUT2D eigenvalue weighted by molar-refractivity contribution is 8.01. The van der Waals surface area contributed by atoms with E-state index in [0.717, 1.165) is 44.2 Å². The van der Waals surface area contributed by atoms with Crippen molar-refractivity contribution in [2.24, 2.45) is 17.8 Å². The van der Waals surface area contributed by atoms with Gasteiger partial charge in [-0.15, -0.1) is 11.8 Å². The third kappa shape index (κ3) is 2.42. The standard InChI is InChI=1S/C15H23NO2S/c1-10-4-13(10)14(17)16-8-15(9-16)5-12(7-19-15)18-6-11-2-3-11/h10-13H,2-9H2,1H3/t10-,12+,13+/m1/s1. The Bertz CT molecular complexity index is 390. The number of hydrogen-bond donors (Lipinski definition) is 0. The Morgan fingerprint density at radius 2 is 2.16 bits per heavy atom. The first kappa shape index (κ1) is 12.5. The molecule has 0 aromatic heterocycles. The van der Waals surface area contributed by atoms with Crippen LogP contribution in [-0.2, 0) is 9.53 Å². The lowest BCUT2D eigenvalue weighted by atomic mass is 9.92. The number of ether oxygens (including phenoxy) is 1. The molecule has 2 saturated carbocycles. The molecule has 1 spiro atoms. The molecule has 4 rings (SSSR count). The third-order valence-corrected chi connectivity index (χ3v) is 6.71. The molecule has 4 aliphatic rings. The van der Waals surface area contributed by atoms with Crippen LogP contribution in [0.4, 0.5) is 0 Å². The molecule has 1 amide bonds. The van der Waals surface area contributed by atoms with E-state index in [9.17, 15) is 4.79 Å². The Hall–Kier alpha value is -0.220. The van der Waals surface area contributed by atoms with Gasteiger partial charge in [-0.05, 0) is 37.5 Å². The maximum atomic E-state index is 12.1. The lowest BCUT2D eigenvalue weighted by Gasteiger charge is -2.47. The van der Waals surface area contributed by atoms with Crippen LogP contribution in [0.3, 0.4) is 0 Å². The molecule has 0 aromatic carbocycles. The van der Waals surface area contributed by atoms with E-state index in [-0.39, 0.29) is 0 Å².